The first-order valence-electron chi connectivity index (χ1n) is 5.77. The van der Waals surface area contributed by atoms with E-state index in [-0.39, 0.29) is 0 Å². The van der Waals surface area contributed by atoms with Crippen LogP contribution in [0, 0.1) is 0 Å². The molecule has 0 fully saturated rings. The number of benzene rings is 1. The van der Waals surface area contributed by atoms with E-state index in [4.69, 9.17) is 11.6 Å². The van der Waals surface area contributed by atoms with Gasteiger partial charge < -0.3 is 0 Å². The molecule has 1 heterocycles. The van der Waals surface area contributed by atoms with Crippen LogP contribution in [0.15, 0.2) is 12.1 Å². The molecule has 0 saturated heterocycles. The van der Waals surface area contributed by atoms with Gasteiger partial charge in [0.05, 0.1) is 0 Å². The molecule has 0 unspecified atom stereocenters. The largest absolute Gasteiger partial charge is 0.299 e. The highest BCUT2D eigenvalue weighted by atomic mass is 35.5. The summed E-state index contributed by atoms with van der Waals surface area (Å²) in [6, 6.07) is 4.46. The van der Waals surface area contributed by atoms with Gasteiger partial charge in [0.1, 0.15) is 0 Å². The molecule has 1 nitrogen and oxygen atoms in total. The van der Waals surface area contributed by atoms with Gasteiger partial charge in [-0.1, -0.05) is 31.5 Å². The topological polar surface area (TPSA) is 3.24 Å². The van der Waals surface area contributed by atoms with Crippen molar-refractivity contribution >= 4 is 11.6 Å². The molecule has 1 aromatic carbocycles. The predicted octanol–water partition coefficient (Wildman–Crippen LogP) is 3.28. The number of likely N-dealkylation sites (N-methyl/N-ethyl adjacent to an activating group) is 1. The second-order valence-corrected chi connectivity index (χ2v) is 4.59. The van der Waals surface area contributed by atoms with Gasteiger partial charge in [-0.05, 0) is 42.1 Å². The van der Waals surface area contributed by atoms with Gasteiger partial charge in [0.25, 0.3) is 0 Å². The fourth-order valence-corrected chi connectivity index (χ4v) is 2.55. The highest BCUT2D eigenvalue weighted by molar-refractivity contribution is 6.31. The fourth-order valence-electron chi connectivity index (χ4n) is 2.23. The zero-order valence-corrected chi connectivity index (χ0v) is 10.3. The molecule has 1 aliphatic rings. The fraction of sp³-hybridized carbons (Fsp3) is 0.538. The van der Waals surface area contributed by atoms with E-state index in [1.807, 2.05) is 0 Å². The summed E-state index contributed by atoms with van der Waals surface area (Å²) < 4.78 is 0. The summed E-state index contributed by atoms with van der Waals surface area (Å²) >= 11 is 6.23. The zero-order chi connectivity index (χ0) is 10.8. The quantitative estimate of drug-likeness (QED) is 0.744. The molecule has 0 aromatic heterocycles. The Kier molecular flexibility index (Phi) is 3.32. The summed E-state index contributed by atoms with van der Waals surface area (Å²) in [6.45, 7) is 7.76. The number of aryl methyl sites for hydroxylation is 1. The lowest BCUT2D eigenvalue weighted by atomic mass is 9.96. The van der Waals surface area contributed by atoms with Crippen molar-refractivity contribution in [2.45, 2.75) is 33.2 Å². The first-order chi connectivity index (χ1) is 7.24. The first kappa shape index (κ1) is 11.0. The summed E-state index contributed by atoms with van der Waals surface area (Å²) in [4.78, 5) is 2.46. The Balaban J connectivity index is 2.32. The number of rotatable bonds is 2. The van der Waals surface area contributed by atoms with E-state index < -0.39 is 0 Å². The molecule has 82 valence electrons. The molecular formula is C13H18ClN. The Morgan fingerprint density at radius 3 is 2.73 bits per heavy atom. The van der Waals surface area contributed by atoms with Crippen LogP contribution in [0.4, 0.5) is 0 Å². The van der Waals surface area contributed by atoms with E-state index in [1.165, 1.54) is 29.7 Å². The summed E-state index contributed by atoms with van der Waals surface area (Å²) in [7, 11) is 0. The molecule has 0 atom stereocenters. The molecule has 2 rings (SSSR count). The monoisotopic (exact) mass is 223 g/mol. The summed E-state index contributed by atoms with van der Waals surface area (Å²) in [5, 5.41) is 0.939. The van der Waals surface area contributed by atoms with Gasteiger partial charge in [0.15, 0.2) is 0 Å². The molecule has 0 saturated carbocycles. The summed E-state index contributed by atoms with van der Waals surface area (Å²) in [5.41, 5.74) is 4.21. The van der Waals surface area contributed by atoms with Gasteiger partial charge in [0, 0.05) is 18.1 Å². The standard InChI is InChI=1S/C13H18ClN/c1-3-10-7-11-5-6-15(4-2)9-12(11)8-13(10)14/h7-8H,3-6,9H2,1-2H3. The number of hydrogen-bond donors (Lipinski definition) is 0. The van der Waals surface area contributed by atoms with Crippen LogP contribution >= 0.6 is 11.6 Å². The second-order valence-electron chi connectivity index (χ2n) is 4.18. The number of hydrogen-bond acceptors (Lipinski definition) is 1. The van der Waals surface area contributed by atoms with Crippen molar-refractivity contribution in [1.29, 1.82) is 0 Å². The van der Waals surface area contributed by atoms with Crippen molar-refractivity contribution in [3.05, 3.63) is 33.8 Å². The minimum absolute atomic E-state index is 0.939. The lowest BCUT2D eigenvalue weighted by Crippen LogP contribution is -2.30. The SMILES string of the molecule is CCc1cc2c(cc1Cl)CN(CC)CC2. The smallest absolute Gasteiger partial charge is 0.0441 e. The molecule has 0 spiro atoms. The van der Waals surface area contributed by atoms with Crippen molar-refractivity contribution in [2.24, 2.45) is 0 Å². The van der Waals surface area contributed by atoms with Gasteiger partial charge >= 0.3 is 0 Å². The van der Waals surface area contributed by atoms with Crippen LogP contribution in [0.3, 0.4) is 0 Å². The third-order valence-electron chi connectivity index (χ3n) is 3.29. The lowest BCUT2D eigenvalue weighted by Gasteiger charge is -2.28. The molecule has 0 amide bonds. The van der Waals surface area contributed by atoms with Crippen molar-refractivity contribution in [1.82, 2.24) is 4.90 Å². The molecule has 0 bridgehead atoms. The number of fused-ring (bicyclic) bond motifs is 1. The minimum Gasteiger partial charge on any atom is -0.299 e. The maximum absolute atomic E-state index is 6.23. The third-order valence-corrected chi connectivity index (χ3v) is 3.64. The van der Waals surface area contributed by atoms with Crippen LogP contribution in [0.1, 0.15) is 30.5 Å². The average molecular weight is 224 g/mol. The predicted molar refractivity (Wildman–Crippen MR) is 65.5 cm³/mol. The Morgan fingerprint density at radius 1 is 1.27 bits per heavy atom. The van der Waals surface area contributed by atoms with Crippen molar-refractivity contribution in [3.63, 3.8) is 0 Å². The van der Waals surface area contributed by atoms with Gasteiger partial charge in [-0.15, -0.1) is 0 Å². The Morgan fingerprint density at radius 2 is 2.07 bits per heavy atom. The summed E-state index contributed by atoms with van der Waals surface area (Å²) in [5.74, 6) is 0. The maximum atomic E-state index is 6.23. The molecule has 15 heavy (non-hydrogen) atoms. The Hall–Kier alpha value is -0.530. The normalized spacial score (nSPS) is 16.5. The van der Waals surface area contributed by atoms with Crippen molar-refractivity contribution in [2.75, 3.05) is 13.1 Å². The first-order valence-corrected chi connectivity index (χ1v) is 6.15. The van der Waals surface area contributed by atoms with E-state index >= 15 is 0 Å². The van der Waals surface area contributed by atoms with E-state index in [0.717, 1.165) is 24.5 Å². The molecular weight excluding hydrogens is 206 g/mol. The Labute approximate surface area is 97.0 Å². The molecule has 1 aromatic rings. The van der Waals surface area contributed by atoms with Gasteiger partial charge in [-0.2, -0.15) is 0 Å². The van der Waals surface area contributed by atoms with Crippen LogP contribution < -0.4 is 0 Å². The van der Waals surface area contributed by atoms with E-state index in [1.54, 1.807) is 0 Å². The molecule has 2 heteroatoms. The van der Waals surface area contributed by atoms with E-state index in [2.05, 4.69) is 30.9 Å². The molecule has 0 radical (unpaired) electrons. The maximum Gasteiger partial charge on any atom is 0.0441 e. The van der Waals surface area contributed by atoms with E-state index in [0.29, 0.717) is 0 Å². The zero-order valence-electron chi connectivity index (χ0n) is 9.52. The second kappa shape index (κ2) is 4.54. The number of nitrogens with zero attached hydrogens (tertiary/aromatic N) is 1. The van der Waals surface area contributed by atoms with Crippen molar-refractivity contribution < 1.29 is 0 Å². The lowest BCUT2D eigenvalue weighted by molar-refractivity contribution is 0.268. The van der Waals surface area contributed by atoms with Gasteiger partial charge in [0.2, 0.25) is 0 Å². The third kappa shape index (κ3) is 2.19. The highest BCUT2D eigenvalue weighted by Gasteiger charge is 2.16. The van der Waals surface area contributed by atoms with Gasteiger partial charge in [-0.25, -0.2) is 0 Å². The highest BCUT2D eigenvalue weighted by Crippen LogP contribution is 2.26. The molecule has 0 aliphatic carbocycles. The van der Waals surface area contributed by atoms with Crippen molar-refractivity contribution in [3.8, 4) is 0 Å². The van der Waals surface area contributed by atoms with Crippen LogP contribution in [-0.2, 0) is 19.4 Å². The van der Waals surface area contributed by atoms with Gasteiger partial charge in [-0.3, -0.25) is 4.90 Å². The molecule has 1 aliphatic heterocycles. The Bertz CT molecular complexity index is 360. The van der Waals surface area contributed by atoms with Crippen LogP contribution in [-0.4, -0.2) is 18.0 Å². The summed E-state index contributed by atoms with van der Waals surface area (Å²) in [6.07, 6.45) is 2.21. The van der Waals surface area contributed by atoms with Crippen LogP contribution in [0.25, 0.3) is 0 Å². The van der Waals surface area contributed by atoms with E-state index in [9.17, 15) is 0 Å². The average Bonchev–Trinajstić information content (AvgIpc) is 2.27. The minimum atomic E-state index is 0.939. The van der Waals surface area contributed by atoms with Crippen LogP contribution in [0.5, 0.6) is 0 Å². The number of halogens is 1. The molecule has 0 N–H and O–H groups in total. The van der Waals surface area contributed by atoms with Crippen LogP contribution in [0.2, 0.25) is 5.02 Å².